The highest BCUT2D eigenvalue weighted by molar-refractivity contribution is 6.40. The summed E-state index contributed by atoms with van der Waals surface area (Å²) in [6.45, 7) is 0. The molecule has 0 spiro atoms. The van der Waals surface area contributed by atoms with Crippen LogP contribution in [0.25, 0.3) is 32.7 Å². The number of rotatable bonds is 6. The molecule has 14 heteroatoms. The normalized spacial score (nSPS) is 12.0. The van der Waals surface area contributed by atoms with E-state index < -0.39 is 99.1 Å². The molecule has 236 valence electrons. The molecule has 0 fully saturated rings. The number of fused-ring (bicyclic) bond motifs is 5. The maximum atomic E-state index is 15.5. The van der Waals surface area contributed by atoms with Gasteiger partial charge in [0, 0.05) is 33.9 Å². The van der Waals surface area contributed by atoms with Crippen LogP contribution >= 0.6 is 0 Å². The van der Waals surface area contributed by atoms with Crippen LogP contribution in [0.3, 0.4) is 0 Å². The van der Waals surface area contributed by atoms with E-state index in [1.807, 2.05) is 0 Å². The van der Waals surface area contributed by atoms with Gasteiger partial charge in [-0.2, -0.15) is 4.39 Å². The van der Waals surface area contributed by atoms with E-state index in [1.54, 1.807) is 0 Å². The van der Waals surface area contributed by atoms with Crippen LogP contribution in [0, 0.1) is 58.2 Å². The van der Waals surface area contributed by atoms with Crippen LogP contribution in [0.5, 0.6) is 17.2 Å². The lowest BCUT2D eigenvalue weighted by molar-refractivity contribution is 0.296. The summed E-state index contributed by atoms with van der Waals surface area (Å²) in [6, 6.07) is 10.1. The zero-order valence-electron chi connectivity index (χ0n) is 23.1. The Kier molecular flexibility index (Phi) is 7.18. The Bertz CT molecular complexity index is 2200. The lowest BCUT2D eigenvalue weighted by atomic mass is 10.0. The maximum Gasteiger partial charge on any atom is 0.864 e. The molecule has 0 aliphatic heterocycles. The minimum atomic E-state index is -2.34. The molecule has 0 amide bonds. The Morgan fingerprint density at radius 3 is 1.53 bits per heavy atom. The van der Waals surface area contributed by atoms with Gasteiger partial charge in [-0.1, -0.05) is 12.1 Å². The molecule has 0 atom stereocenters. The molecular weight excluding hydrogens is 645 g/mol. The Morgan fingerprint density at radius 2 is 0.979 bits per heavy atom. The number of benzene rings is 6. The van der Waals surface area contributed by atoms with Gasteiger partial charge in [-0.15, -0.1) is 0 Å². The Labute approximate surface area is 257 Å². The molecule has 0 radical (unpaired) electrons. The van der Waals surface area contributed by atoms with E-state index >= 15 is 8.78 Å². The summed E-state index contributed by atoms with van der Waals surface area (Å²) >= 11 is 0. The quantitative estimate of drug-likeness (QED) is 0.101. The molecule has 0 saturated carbocycles. The van der Waals surface area contributed by atoms with Crippen LogP contribution in [0.1, 0.15) is 11.1 Å². The summed E-state index contributed by atoms with van der Waals surface area (Å²) in [5.41, 5.74) is -1.23. The Morgan fingerprint density at radius 1 is 0.447 bits per heavy atom. The van der Waals surface area contributed by atoms with Crippen LogP contribution in [0.15, 0.2) is 66.7 Å². The number of hydrogen-bond donors (Lipinski definition) is 0. The summed E-state index contributed by atoms with van der Waals surface area (Å²) in [5.74, 6) is -16.9. The zero-order chi connectivity index (χ0) is 33.3. The first-order valence-electron chi connectivity index (χ1n) is 13.6. The van der Waals surface area contributed by atoms with Gasteiger partial charge >= 0.3 is 7.32 Å². The van der Waals surface area contributed by atoms with Gasteiger partial charge in [-0.3, -0.25) is 0 Å². The summed E-state index contributed by atoms with van der Waals surface area (Å²) in [5, 5.41) is -2.50. The lowest BCUT2D eigenvalue weighted by Gasteiger charge is -2.21. The molecule has 6 aromatic rings. The fraction of sp³-hybridized carbons (Fsp3) is 0.0303. The van der Waals surface area contributed by atoms with Crippen molar-refractivity contribution in [2.24, 2.45) is 0 Å². The first kappa shape index (κ1) is 30.3. The predicted octanol–water partition coefficient (Wildman–Crippen LogP) is 9.48. The van der Waals surface area contributed by atoms with Crippen molar-refractivity contribution in [2.75, 3.05) is 0 Å². The van der Waals surface area contributed by atoms with Crippen molar-refractivity contribution < 1.29 is 57.9 Å². The smallest absolute Gasteiger partial charge is 0.489 e. The Hall–Kier alpha value is -5.40. The van der Waals surface area contributed by atoms with Gasteiger partial charge in [0.1, 0.15) is 34.7 Å². The molecule has 0 unspecified atom stereocenters. The molecule has 1 aliphatic rings. The third-order valence-electron chi connectivity index (χ3n) is 7.72. The average molecular weight is 658 g/mol. The monoisotopic (exact) mass is 658 g/mol. The molecule has 0 bridgehead atoms. The summed E-state index contributed by atoms with van der Waals surface area (Å²) < 4.78 is 164. The van der Waals surface area contributed by atoms with Crippen LogP contribution < -0.4 is 14.0 Å². The zero-order valence-corrected chi connectivity index (χ0v) is 23.1. The molecular formula is C33H13BF10O3. The van der Waals surface area contributed by atoms with Crippen LogP contribution in [0.2, 0.25) is 0 Å². The molecule has 0 N–H and O–H groups in total. The second-order valence-corrected chi connectivity index (χ2v) is 10.4. The molecule has 0 aromatic heterocycles. The van der Waals surface area contributed by atoms with E-state index in [4.69, 9.17) is 14.0 Å². The van der Waals surface area contributed by atoms with Crippen molar-refractivity contribution >= 4 is 28.9 Å². The minimum absolute atomic E-state index is 0.149. The molecule has 6 aromatic carbocycles. The van der Waals surface area contributed by atoms with Gasteiger partial charge in [0.25, 0.3) is 0 Å². The second-order valence-electron chi connectivity index (χ2n) is 10.4. The fourth-order valence-corrected chi connectivity index (χ4v) is 5.63. The maximum absolute atomic E-state index is 15.5. The van der Waals surface area contributed by atoms with Crippen molar-refractivity contribution in [3.8, 4) is 28.4 Å². The topological polar surface area (TPSA) is 27.7 Å². The minimum Gasteiger partial charge on any atom is -0.489 e. The van der Waals surface area contributed by atoms with Gasteiger partial charge < -0.3 is 14.0 Å². The van der Waals surface area contributed by atoms with Gasteiger partial charge in [0.15, 0.2) is 34.9 Å². The van der Waals surface area contributed by atoms with E-state index in [0.29, 0.717) is 24.3 Å². The lowest BCUT2D eigenvalue weighted by Crippen LogP contribution is -2.38. The molecule has 7 rings (SSSR count). The van der Waals surface area contributed by atoms with E-state index in [2.05, 4.69) is 0 Å². The third kappa shape index (κ3) is 4.77. The van der Waals surface area contributed by atoms with Gasteiger partial charge in [-0.05, 0) is 60.2 Å². The van der Waals surface area contributed by atoms with E-state index in [1.165, 1.54) is 12.1 Å². The number of hydrogen-bond acceptors (Lipinski definition) is 3. The molecule has 3 nitrogen and oxygen atoms in total. The highest BCUT2D eigenvalue weighted by Crippen LogP contribution is 2.47. The third-order valence-corrected chi connectivity index (χ3v) is 7.72. The predicted molar refractivity (Wildman–Crippen MR) is 150 cm³/mol. The van der Waals surface area contributed by atoms with Crippen molar-refractivity contribution in [1.82, 2.24) is 0 Å². The van der Waals surface area contributed by atoms with Crippen molar-refractivity contribution in [2.45, 2.75) is 6.42 Å². The SMILES string of the molecule is Fc1cccc2c1-c1c(F)c(F)c(F)c(OB(Oc3ccc(F)c4c(F)c(F)ccc34)Oc3ccc(F)c4c(F)c(F)ccc34)c1C2. The largest absolute Gasteiger partial charge is 0.864 e. The first-order valence-corrected chi connectivity index (χ1v) is 13.6. The summed E-state index contributed by atoms with van der Waals surface area (Å²) in [7, 11) is -2.34. The summed E-state index contributed by atoms with van der Waals surface area (Å²) in [6.07, 6.45) is -0.355. The molecule has 0 heterocycles. The van der Waals surface area contributed by atoms with Gasteiger partial charge in [0.2, 0.25) is 5.82 Å². The Balaban J connectivity index is 1.40. The van der Waals surface area contributed by atoms with Crippen LogP contribution in [-0.2, 0) is 6.42 Å². The van der Waals surface area contributed by atoms with E-state index in [-0.39, 0.29) is 33.9 Å². The average Bonchev–Trinajstić information content (AvgIpc) is 3.44. The van der Waals surface area contributed by atoms with Crippen molar-refractivity contribution in [3.05, 3.63) is 136 Å². The standard InChI is InChI=1S/C33H13BF10O3/c35-17-3-1-2-13-12-16-27(24(13)17)30(42)31(43)32(44)33(16)47-34(45-22-10-8-18(36)25-14(22)4-6-20(38)28(25)40)46-23-11-9-19(37)26-15(23)5-7-21(39)29(26)41/h1-11H,12H2. The van der Waals surface area contributed by atoms with E-state index in [9.17, 15) is 35.1 Å². The highest BCUT2D eigenvalue weighted by Gasteiger charge is 2.40. The summed E-state index contributed by atoms with van der Waals surface area (Å²) in [4.78, 5) is 0. The van der Waals surface area contributed by atoms with Crippen LogP contribution in [0.4, 0.5) is 43.9 Å². The number of halogens is 10. The molecule has 0 saturated heterocycles. The fourth-order valence-electron chi connectivity index (χ4n) is 5.63. The molecule has 1 aliphatic carbocycles. The molecule has 47 heavy (non-hydrogen) atoms. The second kappa shape index (κ2) is 11.1. The van der Waals surface area contributed by atoms with Crippen molar-refractivity contribution in [3.63, 3.8) is 0 Å². The van der Waals surface area contributed by atoms with Gasteiger partial charge in [0.05, 0.1) is 10.8 Å². The first-order chi connectivity index (χ1) is 22.5. The van der Waals surface area contributed by atoms with Crippen molar-refractivity contribution in [1.29, 1.82) is 0 Å². The van der Waals surface area contributed by atoms with E-state index in [0.717, 1.165) is 30.3 Å². The van der Waals surface area contributed by atoms with Gasteiger partial charge in [-0.25, -0.2) is 39.5 Å². The van der Waals surface area contributed by atoms with Crippen LogP contribution in [-0.4, -0.2) is 7.32 Å². The highest BCUT2D eigenvalue weighted by atomic mass is 19.2.